The molecule has 22 heavy (non-hydrogen) atoms. The number of nitrogens with zero attached hydrogens (tertiary/aromatic N) is 4. The first-order chi connectivity index (χ1) is 10.4. The highest BCUT2D eigenvalue weighted by atomic mass is 16.5. The molecule has 0 unspecified atom stereocenters. The van der Waals surface area contributed by atoms with E-state index in [1.165, 1.54) is 0 Å². The highest BCUT2D eigenvalue weighted by Crippen LogP contribution is 2.22. The molecule has 3 heterocycles. The van der Waals surface area contributed by atoms with Gasteiger partial charge in [-0.15, -0.1) is 0 Å². The van der Waals surface area contributed by atoms with Gasteiger partial charge in [0.1, 0.15) is 12.1 Å². The average Bonchev–Trinajstić information content (AvgIpc) is 2.98. The molecule has 0 aromatic carbocycles. The number of carbonyl (C=O) groups excluding carboxylic acids is 1. The summed E-state index contributed by atoms with van der Waals surface area (Å²) in [6.07, 6.45) is 6.83. The zero-order valence-electron chi connectivity index (χ0n) is 13.1. The van der Waals surface area contributed by atoms with Crippen LogP contribution >= 0.6 is 0 Å². The lowest BCUT2D eigenvalue weighted by Gasteiger charge is -2.41. The fourth-order valence-electron chi connectivity index (χ4n) is 2.88. The monoisotopic (exact) mass is 300 g/mol. The van der Waals surface area contributed by atoms with E-state index in [1.807, 2.05) is 25.7 Å². The number of ether oxygens (including phenoxy) is 1. The van der Waals surface area contributed by atoms with Crippen molar-refractivity contribution in [2.75, 3.05) is 13.1 Å². The second kappa shape index (κ2) is 5.53. The Morgan fingerprint density at radius 1 is 1.41 bits per heavy atom. The summed E-state index contributed by atoms with van der Waals surface area (Å²) in [5.41, 5.74) is 0.302. The standard InChI is InChI=1S/C16H20N4O2/c1-12-9-20(10-16(2,3)22-12)15(21)13-4-5-18-14(8-13)19-7-6-17-11-19/h4-8,11-12H,9-10H2,1-3H3/t12-/m0/s1. The van der Waals surface area contributed by atoms with Crippen LogP contribution in [0.5, 0.6) is 0 Å². The Hall–Kier alpha value is -2.21. The molecule has 2 aromatic rings. The molecule has 1 atom stereocenters. The molecule has 0 bridgehead atoms. The SMILES string of the molecule is C[C@H]1CN(C(=O)c2ccnc(-n3ccnc3)c2)CC(C)(C)O1. The van der Waals surface area contributed by atoms with Crippen LogP contribution in [0.3, 0.4) is 0 Å². The predicted molar refractivity (Wildman–Crippen MR) is 81.9 cm³/mol. The van der Waals surface area contributed by atoms with Crippen LogP contribution in [0, 0.1) is 0 Å². The summed E-state index contributed by atoms with van der Waals surface area (Å²) in [6.45, 7) is 7.19. The number of amides is 1. The van der Waals surface area contributed by atoms with E-state index in [-0.39, 0.29) is 17.6 Å². The van der Waals surface area contributed by atoms with Gasteiger partial charge in [-0.05, 0) is 32.9 Å². The van der Waals surface area contributed by atoms with Crippen molar-refractivity contribution >= 4 is 5.91 Å². The fourth-order valence-corrected chi connectivity index (χ4v) is 2.88. The molecule has 116 valence electrons. The molecule has 1 fully saturated rings. The zero-order valence-corrected chi connectivity index (χ0v) is 13.1. The molecule has 1 aliphatic heterocycles. The molecule has 1 amide bonds. The van der Waals surface area contributed by atoms with Crippen molar-refractivity contribution in [1.82, 2.24) is 19.4 Å². The number of rotatable bonds is 2. The molecule has 1 aliphatic rings. The Balaban J connectivity index is 1.85. The number of hydrogen-bond acceptors (Lipinski definition) is 4. The second-order valence-corrected chi connectivity index (χ2v) is 6.25. The van der Waals surface area contributed by atoms with Gasteiger partial charge in [0.15, 0.2) is 0 Å². The third kappa shape index (κ3) is 3.01. The summed E-state index contributed by atoms with van der Waals surface area (Å²) in [5, 5.41) is 0. The molecule has 3 rings (SSSR count). The van der Waals surface area contributed by atoms with E-state index in [9.17, 15) is 4.79 Å². The first-order valence-corrected chi connectivity index (χ1v) is 7.36. The van der Waals surface area contributed by atoms with Crippen molar-refractivity contribution < 1.29 is 9.53 Å². The van der Waals surface area contributed by atoms with Gasteiger partial charge in [-0.1, -0.05) is 0 Å². The van der Waals surface area contributed by atoms with Crippen molar-refractivity contribution in [2.24, 2.45) is 0 Å². The summed E-state index contributed by atoms with van der Waals surface area (Å²) in [4.78, 5) is 22.9. The Labute approximate surface area is 129 Å². The van der Waals surface area contributed by atoms with Crippen LogP contribution in [0.15, 0.2) is 37.1 Å². The van der Waals surface area contributed by atoms with Gasteiger partial charge in [0.2, 0.25) is 0 Å². The molecule has 6 heteroatoms. The number of hydrogen-bond donors (Lipinski definition) is 0. The lowest BCUT2D eigenvalue weighted by Crippen LogP contribution is -2.53. The van der Waals surface area contributed by atoms with Gasteiger partial charge in [0.05, 0.1) is 11.7 Å². The van der Waals surface area contributed by atoms with Gasteiger partial charge in [-0.2, -0.15) is 0 Å². The highest BCUT2D eigenvalue weighted by molar-refractivity contribution is 5.94. The lowest BCUT2D eigenvalue weighted by atomic mass is 10.0. The molecule has 6 nitrogen and oxygen atoms in total. The van der Waals surface area contributed by atoms with Crippen molar-refractivity contribution in [3.63, 3.8) is 0 Å². The normalized spacial score (nSPS) is 20.9. The minimum Gasteiger partial charge on any atom is -0.369 e. The second-order valence-electron chi connectivity index (χ2n) is 6.25. The summed E-state index contributed by atoms with van der Waals surface area (Å²) in [5.74, 6) is 0.691. The number of carbonyl (C=O) groups is 1. The van der Waals surface area contributed by atoms with Crippen LogP contribution in [0.2, 0.25) is 0 Å². The number of pyridine rings is 1. The number of morpholine rings is 1. The predicted octanol–water partition coefficient (Wildman–Crippen LogP) is 1.91. The number of imidazole rings is 1. The maximum absolute atomic E-state index is 12.8. The van der Waals surface area contributed by atoms with E-state index in [0.29, 0.717) is 24.5 Å². The van der Waals surface area contributed by atoms with E-state index in [0.717, 1.165) is 0 Å². The third-order valence-corrected chi connectivity index (χ3v) is 3.62. The Bertz CT molecular complexity index is 667. The molecule has 0 radical (unpaired) electrons. The number of aromatic nitrogens is 3. The van der Waals surface area contributed by atoms with Crippen LogP contribution in [-0.2, 0) is 4.74 Å². The lowest BCUT2D eigenvalue weighted by molar-refractivity contribution is -0.118. The van der Waals surface area contributed by atoms with Gasteiger partial charge in [0.25, 0.3) is 5.91 Å². The van der Waals surface area contributed by atoms with Crippen LogP contribution in [0.25, 0.3) is 5.82 Å². The van der Waals surface area contributed by atoms with E-state index in [1.54, 1.807) is 41.6 Å². The highest BCUT2D eigenvalue weighted by Gasteiger charge is 2.34. The van der Waals surface area contributed by atoms with Crippen molar-refractivity contribution in [3.05, 3.63) is 42.6 Å². The van der Waals surface area contributed by atoms with E-state index in [2.05, 4.69) is 9.97 Å². The maximum Gasteiger partial charge on any atom is 0.254 e. The molecule has 0 saturated carbocycles. The first kappa shape index (κ1) is 14.7. The smallest absolute Gasteiger partial charge is 0.254 e. The summed E-state index contributed by atoms with van der Waals surface area (Å²) in [6, 6.07) is 3.53. The summed E-state index contributed by atoms with van der Waals surface area (Å²) >= 11 is 0. The maximum atomic E-state index is 12.8. The van der Waals surface area contributed by atoms with Crippen LogP contribution in [0.1, 0.15) is 31.1 Å². The van der Waals surface area contributed by atoms with Crippen molar-refractivity contribution in [3.8, 4) is 5.82 Å². The van der Waals surface area contributed by atoms with E-state index >= 15 is 0 Å². The Morgan fingerprint density at radius 2 is 2.23 bits per heavy atom. The minimum absolute atomic E-state index is 0.00647. The minimum atomic E-state index is -0.326. The van der Waals surface area contributed by atoms with Gasteiger partial charge >= 0.3 is 0 Å². The first-order valence-electron chi connectivity index (χ1n) is 7.36. The third-order valence-electron chi connectivity index (χ3n) is 3.62. The van der Waals surface area contributed by atoms with E-state index < -0.39 is 0 Å². The summed E-state index contributed by atoms with van der Waals surface area (Å²) < 4.78 is 7.63. The Morgan fingerprint density at radius 3 is 2.91 bits per heavy atom. The van der Waals surface area contributed by atoms with Gasteiger partial charge in [0, 0.05) is 37.2 Å². The average molecular weight is 300 g/mol. The zero-order chi connectivity index (χ0) is 15.7. The largest absolute Gasteiger partial charge is 0.369 e. The molecular weight excluding hydrogens is 280 g/mol. The van der Waals surface area contributed by atoms with Gasteiger partial charge < -0.3 is 9.64 Å². The van der Waals surface area contributed by atoms with E-state index in [4.69, 9.17) is 4.74 Å². The molecule has 2 aromatic heterocycles. The van der Waals surface area contributed by atoms with Crippen LogP contribution < -0.4 is 0 Å². The van der Waals surface area contributed by atoms with Crippen molar-refractivity contribution in [2.45, 2.75) is 32.5 Å². The molecular formula is C16H20N4O2. The van der Waals surface area contributed by atoms with Crippen LogP contribution in [-0.4, -0.2) is 50.1 Å². The molecule has 1 saturated heterocycles. The van der Waals surface area contributed by atoms with Gasteiger partial charge in [-0.3, -0.25) is 9.36 Å². The molecule has 0 N–H and O–H groups in total. The molecule has 0 aliphatic carbocycles. The van der Waals surface area contributed by atoms with Crippen LogP contribution in [0.4, 0.5) is 0 Å². The molecule has 0 spiro atoms. The fraction of sp³-hybridized carbons (Fsp3) is 0.438. The Kier molecular flexibility index (Phi) is 3.70. The van der Waals surface area contributed by atoms with Crippen molar-refractivity contribution in [1.29, 1.82) is 0 Å². The topological polar surface area (TPSA) is 60.2 Å². The quantitative estimate of drug-likeness (QED) is 0.850. The summed E-state index contributed by atoms with van der Waals surface area (Å²) in [7, 11) is 0. The van der Waals surface area contributed by atoms with Gasteiger partial charge in [-0.25, -0.2) is 9.97 Å².